The zero-order valence-corrected chi connectivity index (χ0v) is 19.9. The van der Waals surface area contributed by atoms with Gasteiger partial charge in [0.1, 0.15) is 13.1 Å². The standard InChI is InChI=1S/C26H27ClN2O6/c27-21-9-5-17(6-10-21)4-7-18-2-1-3-19(8-11-22(30)31)23(18)26(24(28)32,25-29-12-13-35-25)20-14-33-16-34-15-20/h1-3,5-6,9-10,12-13,20H,4,7-8,11,14-16H2,(H2,28,32)(H,30,31). The topological polar surface area (TPSA) is 125 Å². The summed E-state index contributed by atoms with van der Waals surface area (Å²) in [6, 6.07) is 13.2. The van der Waals surface area contributed by atoms with Crippen molar-refractivity contribution in [3.05, 3.63) is 88.1 Å². The Bertz CT molecular complexity index is 1160. The first kappa shape index (κ1) is 24.9. The molecule has 1 atom stereocenters. The van der Waals surface area contributed by atoms with Crippen molar-refractivity contribution in [2.24, 2.45) is 11.7 Å². The van der Waals surface area contributed by atoms with Gasteiger partial charge >= 0.3 is 5.97 Å². The SMILES string of the molecule is NC(=O)C(c1ncco1)(c1c(CCC(=O)O)cccc1CCc1ccc(Cl)cc1)C1COCOC1. The summed E-state index contributed by atoms with van der Waals surface area (Å²) in [5, 5.41) is 10.0. The molecule has 2 aromatic carbocycles. The van der Waals surface area contributed by atoms with Gasteiger partial charge in [-0.1, -0.05) is 41.9 Å². The number of hydrogen-bond donors (Lipinski definition) is 2. The van der Waals surface area contributed by atoms with Gasteiger partial charge in [-0.3, -0.25) is 9.59 Å². The van der Waals surface area contributed by atoms with Crippen LogP contribution < -0.4 is 5.73 Å². The second-order valence-corrected chi connectivity index (χ2v) is 8.97. The van der Waals surface area contributed by atoms with Crippen molar-refractivity contribution in [1.29, 1.82) is 0 Å². The van der Waals surface area contributed by atoms with Crippen LogP contribution in [0.3, 0.4) is 0 Å². The monoisotopic (exact) mass is 498 g/mol. The molecule has 2 heterocycles. The number of aromatic nitrogens is 1. The lowest BCUT2D eigenvalue weighted by atomic mass is 9.65. The van der Waals surface area contributed by atoms with Crippen LogP contribution in [0.1, 0.15) is 34.6 Å². The molecule has 0 radical (unpaired) electrons. The van der Waals surface area contributed by atoms with Crippen molar-refractivity contribution < 1.29 is 28.6 Å². The van der Waals surface area contributed by atoms with Gasteiger partial charge in [0.25, 0.3) is 0 Å². The number of halogens is 1. The van der Waals surface area contributed by atoms with E-state index < -0.39 is 23.2 Å². The van der Waals surface area contributed by atoms with E-state index in [9.17, 15) is 14.7 Å². The molecule has 0 spiro atoms. The van der Waals surface area contributed by atoms with Crippen LogP contribution >= 0.6 is 11.6 Å². The Kier molecular flexibility index (Phi) is 7.85. The van der Waals surface area contributed by atoms with Crippen molar-refractivity contribution >= 4 is 23.5 Å². The fourth-order valence-electron chi connectivity index (χ4n) is 4.82. The third-order valence-electron chi connectivity index (χ3n) is 6.41. The number of aliphatic carboxylic acids is 1. The molecule has 9 heteroatoms. The Hall–Kier alpha value is -3.20. The molecule has 3 N–H and O–H groups in total. The fraction of sp³-hybridized carbons (Fsp3) is 0.346. The highest BCUT2D eigenvalue weighted by atomic mass is 35.5. The van der Waals surface area contributed by atoms with Gasteiger partial charge in [0.15, 0.2) is 5.41 Å². The lowest BCUT2D eigenvalue weighted by Gasteiger charge is -2.40. The largest absolute Gasteiger partial charge is 0.481 e. The van der Waals surface area contributed by atoms with E-state index in [0.717, 1.165) is 11.1 Å². The molecule has 1 fully saturated rings. The molecule has 1 aromatic heterocycles. The molecule has 4 rings (SSSR count). The number of oxazole rings is 1. The highest BCUT2D eigenvalue weighted by Gasteiger charge is 2.54. The minimum Gasteiger partial charge on any atom is -0.481 e. The molecular formula is C26H27ClN2O6. The number of benzene rings is 2. The smallest absolute Gasteiger partial charge is 0.303 e. The van der Waals surface area contributed by atoms with E-state index in [4.69, 9.17) is 31.2 Å². The first-order valence-electron chi connectivity index (χ1n) is 11.4. The van der Waals surface area contributed by atoms with Crippen molar-refractivity contribution in [2.75, 3.05) is 20.0 Å². The van der Waals surface area contributed by atoms with Crippen LogP contribution in [0.15, 0.2) is 59.3 Å². The number of primary amides is 1. The molecule has 1 aliphatic heterocycles. The van der Waals surface area contributed by atoms with Gasteiger partial charge in [0, 0.05) is 17.4 Å². The van der Waals surface area contributed by atoms with Gasteiger partial charge in [0.05, 0.1) is 19.4 Å². The minimum atomic E-state index is -1.51. The summed E-state index contributed by atoms with van der Waals surface area (Å²) in [6.07, 6.45) is 4.21. The Labute approximate surface area is 208 Å². The van der Waals surface area contributed by atoms with Crippen LogP contribution in [0.2, 0.25) is 5.02 Å². The van der Waals surface area contributed by atoms with E-state index >= 15 is 0 Å². The van der Waals surface area contributed by atoms with Crippen molar-refractivity contribution in [2.45, 2.75) is 31.1 Å². The third-order valence-corrected chi connectivity index (χ3v) is 6.66. The molecule has 1 saturated heterocycles. The number of nitrogens with two attached hydrogens (primary N) is 1. The highest BCUT2D eigenvalue weighted by Crippen LogP contribution is 2.44. The second kappa shape index (κ2) is 11.0. The molecule has 0 aliphatic carbocycles. The fourth-order valence-corrected chi connectivity index (χ4v) is 4.95. The Morgan fingerprint density at radius 2 is 1.74 bits per heavy atom. The average Bonchev–Trinajstić information content (AvgIpc) is 3.39. The number of carbonyl (C=O) groups is 2. The molecule has 35 heavy (non-hydrogen) atoms. The maximum Gasteiger partial charge on any atom is 0.303 e. The van der Waals surface area contributed by atoms with Gasteiger partial charge in [-0.2, -0.15) is 0 Å². The Morgan fingerprint density at radius 1 is 1.06 bits per heavy atom. The maximum atomic E-state index is 13.5. The number of carboxylic acids is 1. The lowest BCUT2D eigenvalue weighted by Crippen LogP contribution is -2.54. The van der Waals surface area contributed by atoms with Crippen LogP contribution in [-0.4, -0.2) is 42.0 Å². The molecule has 184 valence electrons. The molecule has 8 nitrogen and oxygen atoms in total. The number of nitrogens with zero attached hydrogens (tertiary/aromatic N) is 1. The predicted octanol–water partition coefficient (Wildman–Crippen LogP) is 3.52. The predicted molar refractivity (Wildman–Crippen MR) is 128 cm³/mol. The summed E-state index contributed by atoms with van der Waals surface area (Å²) in [5.74, 6) is -1.98. The number of amides is 1. The molecule has 1 aliphatic rings. The average molecular weight is 499 g/mol. The minimum absolute atomic E-state index is 0.105. The number of carbonyl (C=O) groups excluding carboxylic acids is 1. The molecular weight excluding hydrogens is 472 g/mol. The normalized spacial score (nSPS) is 16.0. The summed E-state index contributed by atoms with van der Waals surface area (Å²) in [6.45, 7) is 0.519. The number of hydrogen-bond acceptors (Lipinski definition) is 6. The summed E-state index contributed by atoms with van der Waals surface area (Å²) in [5.41, 5.74) is 7.89. The molecule has 1 amide bonds. The van der Waals surface area contributed by atoms with Crippen LogP contribution in [-0.2, 0) is 43.7 Å². The van der Waals surface area contributed by atoms with Gasteiger partial charge in [-0.15, -0.1) is 0 Å². The van der Waals surface area contributed by atoms with E-state index in [0.29, 0.717) is 29.0 Å². The van der Waals surface area contributed by atoms with Crippen molar-refractivity contribution in [1.82, 2.24) is 4.98 Å². The van der Waals surface area contributed by atoms with E-state index in [2.05, 4.69) is 4.98 Å². The zero-order valence-electron chi connectivity index (χ0n) is 19.1. The second-order valence-electron chi connectivity index (χ2n) is 8.54. The van der Waals surface area contributed by atoms with Crippen LogP contribution in [0.25, 0.3) is 0 Å². The number of rotatable bonds is 10. The van der Waals surface area contributed by atoms with Crippen molar-refractivity contribution in [3.8, 4) is 0 Å². The van der Waals surface area contributed by atoms with Gasteiger partial charge in [-0.05, 0) is 53.6 Å². The van der Waals surface area contributed by atoms with Crippen LogP contribution in [0.4, 0.5) is 0 Å². The quantitative estimate of drug-likeness (QED) is 0.438. The number of aryl methyl sites for hydroxylation is 3. The van der Waals surface area contributed by atoms with E-state index in [1.54, 1.807) is 0 Å². The Balaban J connectivity index is 1.88. The van der Waals surface area contributed by atoms with Crippen LogP contribution in [0.5, 0.6) is 0 Å². The summed E-state index contributed by atoms with van der Waals surface area (Å²) in [7, 11) is 0. The van der Waals surface area contributed by atoms with Crippen molar-refractivity contribution in [3.63, 3.8) is 0 Å². The first-order chi connectivity index (χ1) is 16.9. The van der Waals surface area contributed by atoms with Gasteiger partial charge in [0.2, 0.25) is 11.8 Å². The molecule has 0 saturated carbocycles. The lowest BCUT2D eigenvalue weighted by molar-refractivity contribution is -0.151. The van der Waals surface area contributed by atoms with Gasteiger partial charge in [-0.25, -0.2) is 4.98 Å². The third kappa shape index (κ3) is 5.24. The first-order valence-corrected chi connectivity index (χ1v) is 11.7. The van der Waals surface area contributed by atoms with Gasteiger partial charge < -0.3 is 24.7 Å². The zero-order chi connectivity index (χ0) is 24.8. The Morgan fingerprint density at radius 3 is 2.34 bits per heavy atom. The molecule has 0 bridgehead atoms. The molecule has 1 unspecified atom stereocenters. The summed E-state index contributed by atoms with van der Waals surface area (Å²) in [4.78, 5) is 29.3. The summed E-state index contributed by atoms with van der Waals surface area (Å²) < 4.78 is 16.9. The van der Waals surface area contributed by atoms with E-state index in [-0.39, 0.29) is 38.7 Å². The molecule has 3 aromatic rings. The van der Waals surface area contributed by atoms with Crippen LogP contribution in [0, 0.1) is 5.92 Å². The number of carboxylic acid groups (broad SMARTS) is 1. The highest BCUT2D eigenvalue weighted by molar-refractivity contribution is 6.30. The van der Waals surface area contributed by atoms with E-state index in [1.165, 1.54) is 12.5 Å². The summed E-state index contributed by atoms with van der Waals surface area (Å²) >= 11 is 6.03. The number of ether oxygens (including phenoxy) is 2. The van der Waals surface area contributed by atoms with E-state index in [1.807, 2.05) is 42.5 Å². The maximum absolute atomic E-state index is 13.5.